The van der Waals surface area contributed by atoms with Gasteiger partial charge in [0, 0.05) is 12.0 Å². The molecule has 31 heavy (non-hydrogen) atoms. The second-order valence-corrected chi connectivity index (χ2v) is 8.81. The molecule has 3 nitrogen and oxygen atoms in total. The van der Waals surface area contributed by atoms with E-state index in [1.807, 2.05) is 18.2 Å². The van der Waals surface area contributed by atoms with Crippen LogP contribution >= 0.6 is 0 Å². The van der Waals surface area contributed by atoms with Crippen LogP contribution in [0.4, 0.5) is 0 Å². The second kappa shape index (κ2) is 20.3. The maximum Gasteiger partial charge on any atom is 0.306 e. The van der Waals surface area contributed by atoms with Crippen LogP contribution in [0, 0.1) is 0 Å². The first-order valence-corrected chi connectivity index (χ1v) is 13.0. The molecule has 0 aliphatic rings. The SMILES string of the molecule is CCCCCCCCCCCCCCCCCCOC(=O)CCC(=O)c1ccccc1. The molecule has 176 valence electrons. The molecule has 0 N–H and O–H groups in total. The van der Waals surface area contributed by atoms with Crippen LogP contribution in [0.15, 0.2) is 30.3 Å². The van der Waals surface area contributed by atoms with Crippen molar-refractivity contribution < 1.29 is 14.3 Å². The summed E-state index contributed by atoms with van der Waals surface area (Å²) in [5.41, 5.74) is 0.660. The van der Waals surface area contributed by atoms with Gasteiger partial charge in [0.2, 0.25) is 0 Å². The van der Waals surface area contributed by atoms with Crippen LogP contribution in [0.25, 0.3) is 0 Å². The van der Waals surface area contributed by atoms with Gasteiger partial charge in [0.15, 0.2) is 5.78 Å². The number of carbonyl (C=O) groups is 2. The van der Waals surface area contributed by atoms with Crippen molar-refractivity contribution in [1.29, 1.82) is 0 Å². The summed E-state index contributed by atoms with van der Waals surface area (Å²) in [6.07, 6.45) is 21.7. The zero-order valence-corrected chi connectivity index (χ0v) is 20.0. The normalized spacial score (nSPS) is 10.9. The van der Waals surface area contributed by atoms with Crippen LogP contribution in [0.1, 0.15) is 133 Å². The Labute approximate surface area is 191 Å². The Bertz CT molecular complexity index is 553. The molecule has 0 amide bonds. The van der Waals surface area contributed by atoms with Crippen LogP contribution < -0.4 is 0 Å². The van der Waals surface area contributed by atoms with Crippen LogP contribution in [0.2, 0.25) is 0 Å². The number of Topliss-reactive ketones (excluding diaryl/α,β-unsaturated/α-hetero) is 1. The number of rotatable bonds is 21. The average Bonchev–Trinajstić information content (AvgIpc) is 2.80. The zero-order valence-electron chi connectivity index (χ0n) is 20.0. The minimum atomic E-state index is -0.259. The predicted octanol–water partition coefficient (Wildman–Crippen LogP) is 8.45. The molecule has 0 heterocycles. The minimum absolute atomic E-state index is 0.0000380. The fourth-order valence-corrected chi connectivity index (χ4v) is 3.89. The van der Waals surface area contributed by atoms with Gasteiger partial charge in [-0.1, -0.05) is 134 Å². The van der Waals surface area contributed by atoms with Gasteiger partial charge in [0.25, 0.3) is 0 Å². The van der Waals surface area contributed by atoms with Gasteiger partial charge in [-0.05, 0) is 6.42 Å². The highest BCUT2D eigenvalue weighted by Crippen LogP contribution is 2.14. The number of carbonyl (C=O) groups excluding carboxylic acids is 2. The molecular formula is C28H46O3. The quantitative estimate of drug-likeness (QED) is 0.112. The summed E-state index contributed by atoms with van der Waals surface area (Å²) >= 11 is 0. The summed E-state index contributed by atoms with van der Waals surface area (Å²) in [7, 11) is 0. The lowest BCUT2D eigenvalue weighted by atomic mass is 10.0. The van der Waals surface area contributed by atoms with Gasteiger partial charge in [-0.25, -0.2) is 0 Å². The van der Waals surface area contributed by atoms with Gasteiger partial charge in [0.05, 0.1) is 13.0 Å². The summed E-state index contributed by atoms with van der Waals surface area (Å²) in [4.78, 5) is 23.7. The maximum absolute atomic E-state index is 12.0. The predicted molar refractivity (Wildman–Crippen MR) is 131 cm³/mol. The molecule has 0 aromatic heterocycles. The highest BCUT2D eigenvalue weighted by atomic mass is 16.5. The molecule has 1 aromatic rings. The van der Waals surface area contributed by atoms with Gasteiger partial charge in [-0.3, -0.25) is 9.59 Å². The fraction of sp³-hybridized carbons (Fsp3) is 0.714. The molecule has 0 saturated carbocycles. The summed E-state index contributed by atoms with van der Waals surface area (Å²) < 4.78 is 5.26. The number of unbranched alkanes of at least 4 members (excludes halogenated alkanes) is 15. The zero-order chi connectivity index (χ0) is 22.4. The molecule has 1 aromatic carbocycles. The highest BCUT2D eigenvalue weighted by Gasteiger charge is 2.09. The van der Waals surface area contributed by atoms with Gasteiger partial charge >= 0.3 is 5.97 Å². The van der Waals surface area contributed by atoms with Crippen molar-refractivity contribution in [3.05, 3.63) is 35.9 Å². The highest BCUT2D eigenvalue weighted by molar-refractivity contribution is 5.97. The Morgan fingerprint density at radius 2 is 1.06 bits per heavy atom. The fourth-order valence-electron chi connectivity index (χ4n) is 3.89. The standard InChI is InChI=1S/C28H46O3/c1-2-3-4-5-6-7-8-9-10-11-12-13-14-15-16-20-25-31-28(30)24-23-27(29)26-21-18-17-19-22-26/h17-19,21-22H,2-16,20,23-25H2,1H3. The first-order valence-electron chi connectivity index (χ1n) is 13.0. The number of ketones is 1. The van der Waals surface area contributed by atoms with Gasteiger partial charge < -0.3 is 4.74 Å². The topological polar surface area (TPSA) is 43.4 Å². The third-order valence-electron chi connectivity index (χ3n) is 5.91. The Balaban J connectivity index is 1.79. The molecule has 0 bridgehead atoms. The smallest absolute Gasteiger partial charge is 0.306 e. The Kier molecular flexibility index (Phi) is 17.9. The van der Waals surface area contributed by atoms with E-state index in [0.29, 0.717) is 12.2 Å². The van der Waals surface area contributed by atoms with Crippen molar-refractivity contribution in [2.75, 3.05) is 6.61 Å². The van der Waals surface area contributed by atoms with Crippen molar-refractivity contribution in [3.8, 4) is 0 Å². The van der Waals surface area contributed by atoms with Crippen molar-refractivity contribution in [1.82, 2.24) is 0 Å². The minimum Gasteiger partial charge on any atom is -0.466 e. The van der Waals surface area contributed by atoms with E-state index in [0.717, 1.165) is 12.8 Å². The lowest BCUT2D eigenvalue weighted by molar-refractivity contribution is -0.143. The largest absolute Gasteiger partial charge is 0.466 e. The van der Waals surface area contributed by atoms with Crippen molar-refractivity contribution in [2.45, 2.75) is 122 Å². The Hall–Kier alpha value is -1.64. The van der Waals surface area contributed by atoms with E-state index in [-0.39, 0.29) is 24.6 Å². The summed E-state index contributed by atoms with van der Waals surface area (Å²) in [6.45, 7) is 2.76. The van der Waals surface area contributed by atoms with Crippen LogP contribution in [-0.4, -0.2) is 18.4 Å². The van der Waals surface area contributed by atoms with E-state index in [2.05, 4.69) is 6.92 Å². The number of hydrogen-bond donors (Lipinski definition) is 0. The van der Waals surface area contributed by atoms with E-state index >= 15 is 0 Å². The lowest BCUT2D eigenvalue weighted by Gasteiger charge is -2.05. The first-order chi connectivity index (χ1) is 15.2. The first kappa shape index (κ1) is 27.4. The second-order valence-electron chi connectivity index (χ2n) is 8.81. The number of benzene rings is 1. The van der Waals surface area contributed by atoms with E-state index in [4.69, 9.17) is 4.74 Å². The van der Waals surface area contributed by atoms with E-state index in [1.165, 1.54) is 89.9 Å². The molecule has 1 rings (SSSR count). The van der Waals surface area contributed by atoms with Gasteiger partial charge in [-0.2, -0.15) is 0 Å². The Morgan fingerprint density at radius 1 is 0.613 bits per heavy atom. The lowest BCUT2D eigenvalue weighted by Crippen LogP contribution is -2.09. The summed E-state index contributed by atoms with van der Waals surface area (Å²) in [6, 6.07) is 9.11. The third-order valence-corrected chi connectivity index (χ3v) is 5.91. The third kappa shape index (κ3) is 16.7. The molecule has 0 radical (unpaired) electrons. The molecule has 0 atom stereocenters. The number of hydrogen-bond acceptors (Lipinski definition) is 3. The molecule has 0 aliphatic heterocycles. The van der Waals surface area contributed by atoms with E-state index in [9.17, 15) is 9.59 Å². The molecular weight excluding hydrogens is 384 g/mol. The monoisotopic (exact) mass is 430 g/mol. The number of esters is 1. The number of ether oxygens (including phenoxy) is 1. The maximum atomic E-state index is 12.0. The molecule has 0 spiro atoms. The van der Waals surface area contributed by atoms with Crippen molar-refractivity contribution >= 4 is 11.8 Å². The van der Waals surface area contributed by atoms with Gasteiger partial charge in [0.1, 0.15) is 0 Å². The van der Waals surface area contributed by atoms with Crippen LogP contribution in [0.3, 0.4) is 0 Å². The molecule has 0 aliphatic carbocycles. The summed E-state index contributed by atoms with van der Waals surface area (Å²) in [5.74, 6) is -0.259. The van der Waals surface area contributed by atoms with E-state index in [1.54, 1.807) is 12.1 Å². The molecule has 0 fully saturated rings. The molecule has 0 unspecified atom stereocenters. The average molecular weight is 431 g/mol. The summed E-state index contributed by atoms with van der Waals surface area (Å²) in [5, 5.41) is 0. The van der Waals surface area contributed by atoms with E-state index < -0.39 is 0 Å². The van der Waals surface area contributed by atoms with Crippen molar-refractivity contribution in [3.63, 3.8) is 0 Å². The molecule has 0 saturated heterocycles. The van der Waals surface area contributed by atoms with Gasteiger partial charge in [-0.15, -0.1) is 0 Å². The van der Waals surface area contributed by atoms with Crippen LogP contribution in [0.5, 0.6) is 0 Å². The van der Waals surface area contributed by atoms with Crippen molar-refractivity contribution in [2.24, 2.45) is 0 Å². The van der Waals surface area contributed by atoms with Crippen LogP contribution in [-0.2, 0) is 9.53 Å². The molecule has 3 heteroatoms. The Morgan fingerprint density at radius 3 is 1.55 bits per heavy atom.